The predicted octanol–water partition coefficient (Wildman–Crippen LogP) is 6.22. The van der Waals surface area contributed by atoms with Crippen LogP contribution < -0.4 is 14.4 Å². The van der Waals surface area contributed by atoms with Gasteiger partial charge in [0, 0.05) is 41.0 Å². The summed E-state index contributed by atoms with van der Waals surface area (Å²) < 4.78 is 11.8. The van der Waals surface area contributed by atoms with Crippen LogP contribution in [0.3, 0.4) is 0 Å². The fourth-order valence-corrected chi connectivity index (χ4v) is 3.24. The lowest BCUT2D eigenvalue weighted by Crippen LogP contribution is -2.23. The molecule has 0 aliphatic rings. The highest BCUT2D eigenvalue weighted by Crippen LogP contribution is 2.44. The van der Waals surface area contributed by atoms with Crippen LogP contribution in [-0.4, -0.2) is 19.1 Å². The third-order valence-corrected chi connectivity index (χ3v) is 4.67. The summed E-state index contributed by atoms with van der Waals surface area (Å²) in [7, 11) is 0. The Balaban J connectivity index is 2.27. The van der Waals surface area contributed by atoms with Gasteiger partial charge in [0.15, 0.2) is 5.75 Å². The molecule has 0 aliphatic heterocycles. The number of hydrogen-bond acceptors (Lipinski definition) is 4. The summed E-state index contributed by atoms with van der Waals surface area (Å²) in [6.07, 6.45) is 1.15. The lowest BCUT2D eigenvalue weighted by molar-refractivity contribution is -0.128. The van der Waals surface area contributed by atoms with E-state index in [2.05, 4.69) is 11.5 Å². The second-order valence-corrected chi connectivity index (χ2v) is 6.56. The van der Waals surface area contributed by atoms with Crippen LogP contribution in [0.5, 0.6) is 17.2 Å². The van der Waals surface area contributed by atoms with Gasteiger partial charge < -0.3 is 14.4 Å². The van der Waals surface area contributed by atoms with Crippen molar-refractivity contribution in [3.05, 3.63) is 72.3 Å². The number of halogens is 1. The topological polar surface area (TPSA) is 38.8 Å². The number of para-hydroxylation sites is 1. The zero-order valence-corrected chi connectivity index (χ0v) is 16.7. The average Bonchev–Trinajstić information content (AvgIpc) is 2.71. The molecule has 0 saturated heterocycles. The number of ether oxygens (including phenoxy) is 2. The third-order valence-electron chi connectivity index (χ3n) is 4.44. The highest BCUT2D eigenvalue weighted by atomic mass is 35.5. The second kappa shape index (κ2) is 8.81. The van der Waals surface area contributed by atoms with Crippen molar-refractivity contribution in [2.45, 2.75) is 13.8 Å². The van der Waals surface area contributed by atoms with Crippen molar-refractivity contribution in [1.82, 2.24) is 0 Å². The molecule has 0 unspecified atom stereocenters. The van der Waals surface area contributed by atoms with Crippen LogP contribution in [0.4, 0.5) is 5.69 Å². The van der Waals surface area contributed by atoms with Crippen molar-refractivity contribution in [1.29, 1.82) is 0 Å². The molecule has 4 nitrogen and oxygen atoms in total. The fraction of sp³-hybridized carbons (Fsp3) is 0.174. The van der Waals surface area contributed by atoms with Crippen LogP contribution in [-0.2, 0) is 4.79 Å². The summed E-state index contributed by atoms with van der Waals surface area (Å²) in [4.78, 5) is 14.1. The summed E-state index contributed by atoms with van der Waals surface area (Å²) >= 11 is 6.25. The number of hydrogen-bond donors (Lipinski definition) is 0. The fourth-order valence-electron chi connectivity index (χ4n) is 3.07. The Kier molecular flexibility index (Phi) is 6.22. The van der Waals surface area contributed by atoms with Gasteiger partial charge in [-0.15, -0.1) is 0 Å². The Morgan fingerprint density at radius 2 is 1.79 bits per heavy atom. The molecule has 0 atom stereocenters. The summed E-state index contributed by atoms with van der Waals surface area (Å²) in [6.45, 7) is 9.10. The molecule has 3 rings (SSSR count). The number of fused-ring (bicyclic) bond motifs is 1. The van der Waals surface area contributed by atoms with Gasteiger partial charge in [-0.2, -0.15) is 0 Å². The first-order valence-electron chi connectivity index (χ1n) is 9.15. The molecule has 28 heavy (non-hydrogen) atoms. The highest BCUT2D eigenvalue weighted by molar-refractivity contribution is 6.31. The van der Waals surface area contributed by atoms with Crippen LogP contribution in [0, 0.1) is 0 Å². The van der Waals surface area contributed by atoms with Crippen molar-refractivity contribution >= 4 is 34.0 Å². The molecule has 0 bridgehead atoms. The van der Waals surface area contributed by atoms with Crippen LogP contribution >= 0.6 is 11.6 Å². The largest absolute Gasteiger partial charge is 0.457 e. The lowest BCUT2D eigenvalue weighted by Gasteiger charge is -2.25. The molecule has 0 aromatic heterocycles. The van der Waals surface area contributed by atoms with Crippen molar-refractivity contribution in [3.8, 4) is 17.2 Å². The quantitative estimate of drug-likeness (QED) is 0.270. The normalized spacial score (nSPS) is 10.5. The molecule has 5 heteroatoms. The Bertz CT molecular complexity index is 998. The van der Waals surface area contributed by atoms with Gasteiger partial charge >= 0.3 is 5.97 Å². The lowest BCUT2D eigenvalue weighted by atomic mass is 10.1. The maximum Gasteiger partial charge on any atom is 0.335 e. The average molecular weight is 396 g/mol. The minimum Gasteiger partial charge on any atom is -0.457 e. The molecular formula is C23H22ClNO3. The Morgan fingerprint density at radius 3 is 2.43 bits per heavy atom. The molecule has 0 aliphatic carbocycles. The Morgan fingerprint density at radius 1 is 1.07 bits per heavy atom. The van der Waals surface area contributed by atoms with E-state index in [-0.39, 0.29) is 0 Å². The van der Waals surface area contributed by atoms with Crippen LogP contribution in [0.25, 0.3) is 10.8 Å². The molecular weight excluding hydrogens is 374 g/mol. The first-order valence-corrected chi connectivity index (χ1v) is 9.53. The number of carbonyl (C=O) groups excluding carboxylic acids is 1. The molecule has 0 fully saturated rings. The van der Waals surface area contributed by atoms with E-state index in [1.165, 1.54) is 0 Å². The molecule has 3 aromatic rings. The zero-order valence-electron chi connectivity index (χ0n) is 15.9. The van der Waals surface area contributed by atoms with Gasteiger partial charge in [-0.25, -0.2) is 4.79 Å². The van der Waals surface area contributed by atoms with Crippen molar-refractivity contribution < 1.29 is 14.3 Å². The van der Waals surface area contributed by atoms with Gasteiger partial charge in [0.1, 0.15) is 11.5 Å². The van der Waals surface area contributed by atoms with E-state index in [9.17, 15) is 4.79 Å². The predicted molar refractivity (Wildman–Crippen MR) is 115 cm³/mol. The summed E-state index contributed by atoms with van der Waals surface area (Å²) in [5, 5.41) is 2.08. The Labute approximate surface area is 169 Å². The van der Waals surface area contributed by atoms with Crippen LogP contribution in [0.15, 0.2) is 67.3 Å². The number of rotatable bonds is 7. The minimum absolute atomic E-state index is 0.473. The monoisotopic (exact) mass is 395 g/mol. The van der Waals surface area contributed by atoms with E-state index in [4.69, 9.17) is 21.1 Å². The number of nitrogens with zero attached hydrogens (tertiary/aromatic N) is 1. The molecule has 0 saturated carbocycles. The van der Waals surface area contributed by atoms with Crippen LogP contribution in [0.1, 0.15) is 13.8 Å². The summed E-state index contributed by atoms with van der Waals surface area (Å²) in [6, 6.07) is 16.9. The molecule has 0 heterocycles. The first-order chi connectivity index (χ1) is 13.6. The standard InChI is InChI=1S/C23H22ClNO3/c1-4-22(26)28-23-18-13-12-16(24)14-19(18)21(15-20(23)25(5-2)6-3)27-17-10-8-7-9-11-17/h4,7-15H,1,5-6H2,2-3H3. The van der Waals surface area contributed by atoms with Crippen molar-refractivity contribution in [3.63, 3.8) is 0 Å². The third kappa shape index (κ3) is 4.12. The summed E-state index contributed by atoms with van der Waals surface area (Å²) in [5.41, 5.74) is 0.779. The number of benzene rings is 3. The maximum atomic E-state index is 12.0. The molecule has 0 radical (unpaired) electrons. The maximum absolute atomic E-state index is 12.0. The van der Waals surface area contributed by atoms with E-state index in [0.717, 1.165) is 35.6 Å². The van der Waals surface area contributed by atoms with Crippen molar-refractivity contribution in [2.24, 2.45) is 0 Å². The second-order valence-electron chi connectivity index (χ2n) is 6.13. The van der Waals surface area contributed by atoms with E-state index >= 15 is 0 Å². The van der Waals surface area contributed by atoms with E-state index in [1.54, 1.807) is 6.07 Å². The van der Waals surface area contributed by atoms with Gasteiger partial charge in [-0.1, -0.05) is 36.4 Å². The number of anilines is 1. The minimum atomic E-state index is -0.513. The number of carbonyl (C=O) groups is 1. The zero-order chi connectivity index (χ0) is 20.1. The smallest absolute Gasteiger partial charge is 0.335 e. The van der Waals surface area contributed by atoms with Gasteiger partial charge in [0.25, 0.3) is 0 Å². The molecule has 0 spiro atoms. The van der Waals surface area contributed by atoms with E-state index in [1.807, 2.05) is 62.4 Å². The first kappa shape index (κ1) is 19.8. The van der Waals surface area contributed by atoms with Crippen molar-refractivity contribution in [2.75, 3.05) is 18.0 Å². The highest BCUT2D eigenvalue weighted by Gasteiger charge is 2.20. The van der Waals surface area contributed by atoms with Gasteiger partial charge in [0.2, 0.25) is 0 Å². The molecule has 0 amide bonds. The Hall–Kier alpha value is -2.98. The molecule has 3 aromatic carbocycles. The summed E-state index contributed by atoms with van der Waals surface area (Å²) in [5.74, 6) is 1.32. The SMILES string of the molecule is C=CC(=O)Oc1c(N(CC)CC)cc(Oc2ccccc2)c2cc(Cl)ccc12. The molecule has 0 N–H and O–H groups in total. The van der Waals surface area contributed by atoms with Gasteiger partial charge in [-0.05, 0) is 44.2 Å². The van der Waals surface area contributed by atoms with Gasteiger partial charge in [0.05, 0.1) is 5.69 Å². The van der Waals surface area contributed by atoms with E-state index in [0.29, 0.717) is 22.3 Å². The van der Waals surface area contributed by atoms with Crippen LogP contribution in [0.2, 0.25) is 5.02 Å². The van der Waals surface area contributed by atoms with E-state index < -0.39 is 5.97 Å². The number of esters is 1. The van der Waals surface area contributed by atoms with Gasteiger partial charge in [-0.3, -0.25) is 0 Å². The molecule has 144 valence electrons.